The van der Waals surface area contributed by atoms with Crippen molar-refractivity contribution in [2.45, 2.75) is 29.7 Å². The molecule has 0 aliphatic carbocycles. The minimum Gasteiger partial charge on any atom is -0.468 e. The summed E-state index contributed by atoms with van der Waals surface area (Å²) in [6.07, 6.45) is 0. The van der Waals surface area contributed by atoms with E-state index in [0.29, 0.717) is 15.6 Å². The Morgan fingerprint density at radius 3 is 1.95 bits per heavy atom. The van der Waals surface area contributed by atoms with Gasteiger partial charge >= 0.3 is 5.97 Å². The zero-order valence-electron chi connectivity index (χ0n) is 22.6. The summed E-state index contributed by atoms with van der Waals surface area (Å²) in [5.74, 6) is -0.779. The number of hydrogen-bond donors (Lipinski definition) is 1. The fourth-order valence-corrected chi connectivity index (χ4v) is 7.27. The molecule has 8 nitrogen and oxygen atoms in total. The van der Waals surface area contributed by atoms with Crippen molar-refractivity contribution in [3.63, 3.8) is 0 Å². The van der Waals surface area contributed by atoms with Crippen molar-refractivity contribution in [1.82, 2.24) is 4.31 Å². The van der Waals surface area contributed by atoms with Gasteiger partial charge in [-0.1, -0.05) is 81.7 Å². The largest absolute Gasteiger partial charge is 0.468 e. The molecule has 0 fully saturated rings. The molecule has 4 aromatic carbocycles. The van der Waals surface area contributed by atoms with Gasteiger partial charge in [-0.15, -0.1) is 0 Å². The lowest BCUT2D eigenvalue weighted by molar-refractivity contribution is -0.141. The number of aryl methyl sites for hydroxylation is 2. The van der Waals surface area contributed by atoms with Crippen LogP contribution in [0.1, 0.15) is 28.3 Å². The number of rotatable bonds is 10. The number of esters is 1. The van der Waals surface area contributed by atoms with Crippen LogP contribution in [0.3, 0.4) is 0 Å². The first kappa shape index (κ1) is 30.4. The summed E-state index contributed by atoms with van der Waals surface area (Å²) < 4.78 is 64.4. The third-order valence-electron chi connectivity index (χ3n) is 6.43. The van der Waals surface area contributed by atoms with E-state index in [0.717, 1.165) is 15.4 Å². The van der Waals surface area contributed by atoms with Gasteiger partial charge in [0.2, 0.25) is 10.0 Å². The van der Waals surface area contributed by atoms with Gasteiger partial charge < -0.3 is 4.74 Å². The van der Waals surface area contributed by atoms with Crippen LogP contribution in [0, 0.1) is 13.8 Å². The Balaban J connectivity index is 1.95. The molecule has 0 heterocycles. The number of carbonyl (C=O) groups excluding carboxylic acids is 1. The van der Waals surface area contributed by atoms with Gasteiger partial charge in [0.15, 0.2) is 0 Å². The maximum absolute atomic E-state index is 14.2. The highest BCUT2D eigenvalue weighted by molar-refractivity contribution is 9.10. The van der Waals surface area contributed by atoms with E-state index in [2.05, 4.69) is 20.7 Å². The normalized spacial score (nSPS) is 12.6. The van der Waals surface area contributed by atoms with Gasteiger partial charge in [-0.25, -0.2) is 16.8 Å². The maximum Gasteiger partial charge on any atom is 0.321 e. The van der Waals surface area contributed by atoms with E-state index in [9.17, 15) is 21.6 Å². The predicted octanol–water partition coefficient (Wildman–Crippen LogP) is 5.82. The highest BCUT2D eigenvalue weighted by Gasteiger charge is 2.37. The second-order valence-electron chi connectivity index (χ2n) is 9.40. The van der Waals surface area contributed by atoms with Gasteiger partial charge in [-0.3, -0.25) is 9.52 Å². The average molecular weight is 658 g/mol. The first-order valence-electron chi connectivity index (χ1n) is 12.5. The van der Waals surface area contributed by atoms with Crippen molar-refractivity contribution in [3.05, 3.63) is 124 Å². The molecule has 0 bridgehead atoms. The smallest absolute Gasteiger partial charge is 0.321 e. The third-order valence-corrected chi connectivity index (χ3v) is 10.1. The van der Waals surface area contributed by atoms with Crippen molar-refractivity contribution in [3.8, 4) is 0 Å². The first-order valence-corrected chi connectivity index (χ1v) is 16.2. The van der Waals surface area contributed by atoms with Crippen LogP contribution < -0.4 is 4.72 Å². The Morgan fingerprint density at radius 1 is 0.829 bits per heavy atom. The van der Waals surface area contributed by atoms with E-state index in [1.54, 1.807) is 72.8 Å². The lowest BCUT2D eigenvalue weighted by Crippen LogP contribution is -2.40. The number of benzene rings is 4. The zero-order chi connectivity index (χ0) is 29.8. The lowest BCUT2D eigenvalue weighted by Gasteiger charge is -2.32. The van der Waals surface area contributed by atoms with Crippen LogP contribution >= 0.6 is 15.9 Å². The van der Waals surface area contributed by atoms with Gasteiger partial charge in [0, 0.05) is 10.0 Å². The van der Waals surface area contributed by atoms with E-state index in [1.165, 1.54) is 31.4 Å². The van der Waals surface area contributed by atoms with Crippen molar-refractivity contribution in [2.75, 3.05) is 18.4 Å². The summed E-state index contributed by atoms with van der Waals surface area (Å²) in [6, 6.07) is 25.1. The Morgan fingerprint density at radius 2 is 1.39 bits per heavy atom. The van der Waals surface area contributed by atoms with Crippen LogP contribution in [0.15, 0.2) is 111 Å². The van der Waals surface area contributed by atoms with Crippen LogP contribution in [-0.2, 0) is 29.6 Å². The molecular formula is C30H29BrN2O6S2. The van der Waals surface area contributed by atoms with Crippen molar-refractivity contribution in [1.29, 1.82) is 0 Å². The zero-order valence-corrected chi connectivity index (χ0v) is 25.8. The minimum absolute atomic E-state index is 0.0234. The third kappa shape index (κ3) is 7.05. The van der Waals surface area contributed by atoms with Crippen molar-refractivity contribution >= 4 is 47.6 Å². The maximum atomic E-state index is 14.2. The predicted molar refractivity (Wildman–Crippen MR) is 162 cm³/mol. The summed E-state index contributed by atoms with van der Waals surface area (Å²) in [5.41, 5.74) is 2.73. The van der Waals surface area contributed by atoms with Crippen LogP contribution in [0.5, 0.6) is 0 Å². The number of halogens is 1. The Bertz CT molecular complexity index is 1740. The second-order valence-corrected chi connectivity index (χ2v) is 13.9. The van der Waals surface area contributed by atoms with Gasteiger partial charge in [0.1, 0.15) is 6.54 Å². The standard InChI is InChI=1S/C30H29BrN2O6S2/c1-21-9-14-25(15-10-21)40(35,36)32-28-18-13-24(31)19-27(28)30(23-7-5-4-6-8-23)33(20-29(34)39-3)41(37,38)26-16-11-22(2)12-17-26/h4-19,30,32H,20H2,1-3H3/t30-/m0/s1. The fourth-order valence-electron chi connectivity index (χ4n) is 4.26. The molecule has 4 rings (SSSR count). The molecule has 0 spiro atoms. The van der Waals surface area contributed by atoms with E-state index in [-0.39, 0.29) is 15.5 Å². The molecule has 1 N–H and O–H groups in total. The Hall–Kier alpha value is -3.51. The summed E-state index contributed by atoms with van der Waals surface area (Å²) in [4.78, 5) is 12.7. The average Bonchev–Trinajstić information content (AvgIpc) is 2.95. The molecule has 11 heteroatoms. The van der Waals surface area contributed by atoms with Crippen molar-refractivity contribution < 1.29 is 26.4 Å². The number of nitrogens with zero attached hydrogens (tertiary/aromatic N) is 1. The molecule has 4 aromatic rings. The summed E-state index contributed by atoms with van der Waals surface area (Å²) >= 11 is 3.45. The van der Waals surface area contributed by atoms with Gasteiger partial charge in [0.25, 0.3) is 10.0 Å². The SMILES string of the molecule is COC(=O)CN([C@@H](c1ccccc1)c1cc(Br)ccc1NS(=O)(=O)c1ccc(C)cc1)S(=O)(=O)c1ccc(C)cc1. The molecule has 0 unspecified atom stereocenters. The van der Waals surface area contributed by atoms with Crippen LogP contribution in [0.4, 0.5) is 5.69 Å². The minimum atomic E-state index is -4.31. The van der Waals surface area contributed by atoms with E-state index >= 15 is 0 Å². The lowest BCUT2D eigenvalue weighted by atomic mass is 9.97. The second kappa shape index (κ2) is 12.6. The molecule has 214 valence electrons. The summed E-state index contributed by atoms with van der Waals surface area (Å²) in [7, 11) is -7.18. The number of carbonyl (C=O) groups is 1. The molecule has 0 radical (unpaired) electrons. The van der Waals surface area contributed by atoms with Gasteiger partial charge in [-0.05, 0) is 61.9 Å². The Labute approximate surface area is 249 Å². The van der Waals surface area contributed by atoms with E-state index < -0.39 is 38.6 Å². The van der Waals surface area contributed by atoms with Crippen molar-refractivity contribution in [2.24, 2.45) is 0 Å². The molecule has 0 amide bonds. The van der Waals surface area contributed by atoms with Crippen LogP contribution in [0.2, 0.25) is 0 Å². The fraction of sp³-hybridized carbons (Fsp3) is 0.167. The molecule has 0 aromatic heterocycles. The molecule has 41 heavy (non-hydrogen) atoms. The highest BCUT2D eigenvalue weighted by atomic mass is 79.9. The Kier molecular flexibility index (Phi) is 9.33. The molecule has 0 aliphatic heterocycles. The van der Waals surface area contributed by atoms with Crippen LogP contribution in [-0.4, -0.2) is 40.8 Å². The number of nitrogens with one attached hydrogen (secondary N) is 1. The molecule has 0 saturated heterocycles. The number of sulfonamides is 2. The number of anilines is 1. The monoisotopic (exact) mass is 656 g/mol. The van der Waals surface area contributed by atoms with E-state index in [1.807, 2.05) is 13.8 Å². The topological polar surface area (TPSA) is 110 Å². The molecule has 0 aliphatic rings. The number of methoxy groups -OCH3 is 1. The molecular weight excluding hydrogens is 628 g/mol. The quantitative estimate of drug-likeness (QED) is 0.215. The van der Waals surface area contributed by atoms with Crippen LogP contribution in [0.25, 0.3) is 0 Å². The number of hydrogen-bond acceptors (Lipinski definition) is 6. The first-order chi connectivity index (χ1) is 19.4. The highest BCUT2D eigenvalue weighted by Crippen LogP contribution is 2.39. The van der Waals surface area contributed by atoms with Gasteiger partial charge in [0.05, 0.1) is 28.6 Å². The van der Waals surface area contributed by atoms with Gasteiger partial charge in [-0.2, -0.15) is 4.31 Å². The molecule has 1 atom stereocenters. The summed E-state index contributed by atoms with van der Waals surface area (Å²) in [5, 5.41) is 0. The number of ether oxygens (including phenoxy) is 1. The molecule has 0 saturated carbocycles. The van der Waals surface area contributed by atoms with E-state index in [4.69, 9.17) is 4.74 Å². The summed E-state index contributed by atoms with van der Waals surface area (Å²) in [6.45, 7) is 3.07.